The molecule has 0 bridgehead atoms. The van der Waals surface area contributed by atoms with Crippen LogP contribution in [-0.4, -0.2) is 19.1 Å². The molecule has 1 aromatic heterocycles. The van der Waals surface area contributed by atoms with E-state index in [4.69, 9.17) is 9.15 Å². The van der Waals surface area contributed by atoms with Gasteiger partial charge in [0.1, 0.15) is 11.5 Å². The van der Waals surface area contributed by atoms with Gasteiger partial charge in [-0.25, -0.2) is 0 Å². The minimum absolute atomic E-state index is 0.0947. The molecule has 0 fully saturated rings. The Morgan fingerprint density at radius 1 is 1.03 bits per heavy atom. The number of amides is 1. The first kappa shape index (κ1) is 22.7. The Morgan fingerprint density at radius 2 is 1.81 bits per heavy atom. The number of para-hydroxylation sites is 1. The van der Waals surface area contributed by atoms with Gasteiger partial charge in [-0.1, -0.05) is 57.2 Å². The van der Waals surface area contributed by atoms with Crippen molar-refractivity contribution in [1.29, 1.82) is 0 Å². The SMILES string of the molecule is CCOc1ccccc1CCNC(=O)c1ccc(Cc2cc(C(C)(C)C)ccc2C)o1. The molecule has 1 heterocycles. The zero-order valence-electron chi connectivity index (χ0n) is 19.2. The van der Waals surface area contributed by atoms with Gasteiger partial charge in [0.2, 0.25) is 0 Å². The highest BCUT2D eigenvalue weighted by Gasteiger charge is 2.16. The van der Waals surface area contributed by atoms with Crippen LogP contribution in [-0.2, 0) is 18.3 Å². The van der Waals surface area contributed by atoms with E-state index in [0.717, 1.165) is 17.1 Å². The fourth-order valence-corrected chi connectivity index (χ4v) is 3.52. The molecule has 0 unspecified atom stereocenters. The first-order valence-electron chi connectivity index (χ1n) is 11.0. The van der Waals surface area contributed by atoms with E-state index in [1.54, 1.807) is 6.07 Å². The highest BCUT2D eigenvalue weighted by atomic mass is 16.5. The van der Waals surface area contributed by atoms with Crippen molar-refractivity contribution in [1.82, 2.24) is 5.32 Å². The van der Waals surface area contributed by atoms with Crippen molar-refractivity contribution >= 4 is 5.91 Å². The van der Waals surface area contributed by atoms with Crippen molar-refractivity contribution < 1.29 is 13.9 Å². The van der Waals surface area contributed by atoms with Gasteiger partial charge >= 0.3 is 0 Å². The number of carbonyl (C=O) groups excluding carboxylic acids is 1. The quantitative estimate of drug-likeness (QED) is 0.498. The van der Waals surface area contributed by atoms with E-state index in [2.05, 4.69) is 51.2 Å². The zero-order valence-corrected chi connectivity index (χ0v) is 19.2. The molecule has 0 saturated carbocycles. The van der Waals surface area contributed by atoms with E-state index in [9.17, 15) is 4.79 Å². The molecule has 0 radical (unpaired) electrons. The van der Waals surface area contributed by atoms with Crippen LogP contribution < -0.4 is 10.1 Å². The van der Waals surface area contributed by atoms with Crippen molar-refractivity contribution in [3.8, 4) is 5.75 Å². The number of aryl methyl sites for hydroxylation is 1. The predicted octanol–water partition coefficient (Wildman–Crippen LogP) is 5.85. The molecule has 164 valence electrons. The van der Waals surface area contributed by atoms with Crippen molar-refractivity contribution in [3.05, 3.63) is 88.4 Å². The van der Waals surface area contributed by atoms with Crippen molar-refractivity contribution in [3.63, 3.8) is 0 Å². The second-order valence-electron chi connectivity index (χ2n) is 8.88. The van der Waals surface area contributed by atoms with Crippen LogP contribution in [0.5, 0.6) is 5.75 Å². The molecule has 3 aromatic rings. The smallest absolute Gasteiger partial charge is 0.287 e. The fourth-order valence-electron chi connectivity index (χ4n) is 3.52. The molecule has 4 heteroatoms. The summed E-state index contributed by atoms with van der Waals surface area (Å²) in [6.07, 6.45) is 1.37. The largest absolute Gasteiger partial charge is 0.494 e. The third-order valence-electron chi connectivity index (χ3n) is 5.42. The second kappa shape index (κ2) is 9.86. The highest BCUT2D eigenvalue weighted by molar-refractivity contribution is 5.91. The van der Waals surface area contributed by atoms with E-state index in [-0.39, 0.29) is 11.3 Å². The van der Waals surface area contributed by atoms with Gasteiger partial charge in [-0.05, 0) is 66.1 Å². The first-order valence-corrected chi connectivity index (χ1v) is 11.0. The first-order chi connectivity index (χ1) is 14.8. The van der Waals surface area contributed by atoms with Gasteiger partial charge < -0.3 is 14.5 Å². The number of hydrogen-bond donors (Lipinski definition) is 1. The predicted molar refractivity (Wildman–Crippen MR) is 125 cm³/mol. The molecule has 1 amide bonds. The maximum Gasteiger partial charge on any atom is 0.287 e. The Kier molecular flexibility index (Phi) is 7.21. The number of furan rings is 1. The lowest BCUT2D eigenvalue weighted by Crippen LogP contribution is -2.25. The van der Waals surface area contributed by atoms with Crippen LogP contribution in [0.15, 0.2) is 59.0 Å². The molecule has 2 aromatic carbocycles. The number of rotatable bonds is 8. The monoisotopic (exact) mass is 419 g/mol. The molecular weight excluding hydrogens is 386 g/mol. The third-order valence-corrected chi connectivity index (χ3v) is 5.42. The minimum atomic E-state index is -0.194. The van der Waals surface area contributed by atoms with Crippen LogP contribution in [0.4, 0.5) is 0 Å². The van der Waals surface area contributed by atoms with Crippen molar-refractivity contribution in [2.45, 2.75) is 52.9 Å². The summed E-state index contributed by atoms with van der Waals surface area (Å²) in [5.74, 6) is 1.81. The van der Waals surface area contributed by atoms with Gasteiger partial charge in [0.15, 0.2) is 5.76 Å². The topological polar surface area (TPSA) is 51.5 Å². The molecule has 4 nitrogen and oxygen atoms in total. The Labute approximate surface area is 185 Å². The second-order valence-corrected chi connectivity index (χ2v) is 8.88. The van der Waals surface area contributed by atoms with Crippen LogP contribution in [0, 0.1) is 6.92 Å². The van der Waals surface area contributed by atoms with Crippen LogP contribution in [0.1, 0.15) is 66.3 Å². The van der Waals surface area contributed by atoms with Gasteiger partial charge in [-0.2, -0.15) is 0 Å². The summed E-state index contributed by atoms with van der Waals surface area (Å²) in [6, 6.07) is 18.1. The van der Waals surface area contributed by atoms with E-state index < -0.39 is 0 Å². The normalized spacial score (nSPS) is 11.4. The number of nitrogens with one attached hydrogen (secondary N) is 1. The van der Waals surface area contributed by atoms with E-state index in [0.29, 0.717) is 31.8 Å². The molecule has 0 aliphatic heterocycles. The van der Waals surface area contributed by atoms with E-state index in [1.165, 1.54) is 16.7 Å². The highest BCUT2D eigenvalue weighted by Crippen LogP contribution is 2.26. The maximum absolute atomic E-state index is 12.5. The van der Waals surface area contributed by atoms with Crippen molar-refractivity contribution in [2.24, 2.45) is 0 Å². The van der Waals surface area contributed by atoms with Crippen LogP contribution in [0.25, 0.3) is 0 Å². The Bertz CT molecular complexity index is 1030. The lowest BCUT2D eigenvalue weighted by molar-refractivity contribution is 0.0924. The summed E-state index contributed by atoms with van der Waals surface area (Å²) in [5, 5.41) is 2.95. The standard InChI is InChI=1S/C27H33NO3/c1-6-30-24-10-8-7-9-20(24)15-16-28-26(29)25-14-13-23(31-25)18-21-17-22(27(3,4)5)12-11-19(21)2/h7-14,17H,6,15-16,18H2,1-5H3,(H,28,29). The summed E-state index contributed by atoms with van der Waals surface area (Å²) < 4.78 is 11.5. The minimum Gasteiger partial charge on any atom is -0.494 e. The third kappa shape index (κ3) is 6.00. The van der Waals surface area contributed by atoms with Gasteiger partial charge in [-0.3, -0.25) is 4.79 Å². The fraction of sp³-hybridized carbons (Fsp3) is 0.370. The summed E-state index contributed by atoms with van der Waals surface area (Å²) >= 11 is 0. The lowest BCUT2D eigenvalue weighted by Gasteiger charge is -2.20. The summed E-state index contributed by atoms with van der Waals surface area (Å²) in [5.41, 5.74) is 4.92. The zero-order chi connectivity index (χ0) is 22.4. The Hall–Kier alpha value is -3.01. The summed E-state index contributed by atoms with van der Waals surface area (Å²) in [7, 11) is 0. The molecule has 31 heavy (non-hydrogen) atoms. The number of benzene rings is 2. The Balaban J connectivity index is 1.60. The maximum atomic E-state index is 12.5. The molecule has 3 rings (SSSR count). The molecule has 0 aliphatic carbocycles. The average Bonchev–Trinajstić information content (AvgIpc) is 3.19. The summed E-state index contributed by atoms with van der Waals surface area (Å²) in [6.45, 7) is 11.9. The van der Waals surface area contributed by atoms with Crippen LogP contribution >= 0.6 is 0 Å². The van der Waals surface area contributed by atoms with E-state index in [1.807, 2.05) is 37.3 Å². The van der Waals surface area contributed by atoms with Crippen LogP contribution in [0.3, 0.4) is 0 Å². The average molecular weight is 420 g/mol. The molecule has 1 N–H and O–H groups in total. The Morgan fingerprint density at radius 3 is 2.55 bits per heavy atom. The van der Waals surface area contributed by atoms with Gasteiger partial charge in [-0.15, -0.1) is 0 Å². The lowest BCUT2D eigenvalue weighted by atomic mass is 9.85. The number of ether oxygens (including phenoxy) is 1. The molecule has 0 aliphatic rings. The van der Waals surface area contributed by atoms with E-state index >= 15 is 0 Å². The number of hydrogen-bond acceptors (Lipinski definition) is 3. The molecule has 0 atom stereocenters. The van der Waals surface area contributed by atoms with Crippen molar-refractivity contribution in [2.75, 3.05) is 13.2 Å². The van der Waals surface area contributed by atoms with Gasteiger partial charge in [0.05, 0.1) is 6.61 Å². The number of carbonyl (C=O) groups is 1. The molecule has 0 spiro atoms. The van der Waals surface area contributed by atoms with Gasteiger partial charge in [0, 0.05) is 13.0 Å². The van der Waals surface area contributed by atoms with Gasteiger partial charge in [0.25, 0.3) is 5.91 Å². The summed E-state index contributed by atoms with van der Waals surface area (Å²) in [4.78, 5) is 12.5. The van der Waals surface area contributed by atoms with Crippen LogP contribution in [0.2, 0.25) is 0 Å². The molecular formula is C27H33NO3. The molecule has 0 saturated heterocycles.